The molecule has 1 aliphatic heterocycles. The molecular formula is C21H23N3O7S. The van der Waals surface area contributed by atoms with Crippen molar-refractivity contribution in [3.8, 4) is 0 Å². The van der Waals surface area contributed by atoms with Gasteiger partial charge in [0.05, 0.1) is 15.7 Å². The van der Waals surface area contributed by atoms with Crippen LogP contribution in [-0.2, 0) is 24.3 Å². The van der Waals surface area contributed by atoms with Gasteiger partial charge in [-0.1, -0.05) is 30.3 Å². The number of esters is 1. The van der Waals surface area contributed by atoms with E-state index in [0.717, 1.165) is 0 Å². The normalized spacial score (nSPS) is 16.2. The van der Waals surface area contributed by atoms with Gasteiger partial charge in [0.15, 0.2) is 6.10 Å². The number of piperidine rings is 1. The summed E-state index contributed by atoms with van der Waals surface area (Å²) in [5.41, 5.74) is -0.267. The van der Waals surface area contributed by atoms with Crippen molar-refractivity contribution in [2.24, 2.45) is 5.92 Å². The van der Waals surface area contributed by atoms with Crippen LogP contribution in [-0.4, -0.2) is 48.7 Å². The van der Waals surface area contributed by atoms with Gasteiger partial charge in [0.2, 0.25) is 10.0 Å². The van der Waals surface area contributed by atoms with Crippen LogP contribution >= 0.6 is 0 Å². The molecule has 0 bridgehead atoms. The first kappa shape index (κ1) is 23.4. The molecule has 1 atom stereocenters. The summed E-state index contributed by atoms with van der Waals surface area (Å²) in [4.78, 5) is 35.5. The number of nitrogens with one attached hydrogen (secondary N) is 1. The maximum absolute atomic E-state index is 12.7. The number of nitrogens with zero attached hydrogens (tertiary/aromatic N) is 2. The van der Waals surface area contributed by atoms with Crippen molar-refractivity contribution in [3.05, 3.63) is 64.7 Å². The second-order valence-electron chi connectivity index (χ2n) is 7.33. The highest BCUT2D eigenvalue weighted by Crippen LogP contribution is 2.26. The van der Waals surface area contributed by atoms with E-state index in [1.54, 1.807) is 18.2 Å². The zero-order chi connectivity index (χ0) is 23.3. The Labute approximate surface area is 185 Å². The van der Waals surface area contributed by atoms with Crippen LogP contribution < -0.4 is 5.32 Å². The fraction of sp³-hybridized carbons (Fsp3) is 0.333. The van der Waals surface area contributed by atoms with Gasteiger partial charge < -0.3 is 10.1 Å². The molecule has 0 spiro atoms. The van der Waals surface area contributed by atoms with Crippen LogP contribution in [0.3, 0.4) is 0 Å². The van der Waals surface area contributed by atoms with Crippen LogP contribution in [0.25, 0.3) is 0 Å². The van der Waals surface area contributed by atoms with Crippen LogP contribution in [0.4, 0.5) is 11.4 Å². The Bertz CT molecular complexity index is 1100. The van der Waals surface area contributed by atoms with Gasteiger partial charge in [0.1, 0.15) is 5.69 Å². The van der Waals surface area contributed by atoms with E-state index in [2.05, 4.69) is 5.32 Å². The van der Waals surface area contributed by atoms with E-state index in [4.69, 9.17) is 4.74 Å². The highest BCUT2D eigenvalue weighted by molar-refractivity contribution is 7.89. The number of para-hydroxylation sites is 2. The number of anilines is 1. The number of nitro benzene ring substituents is 1. The van der Waals surface area contributed by atoms with Crippen LogP contribution in [0.15, 0.2) is 59.5 Å². The van der Waals surface area contributed by atoms with Crippen molar-refractivity contribution in [2.45, 2.75) is 30.8 Å². The van der Waals surface area contributed by atoms with Gasteiger partial charge in [-0.3, -0.25) is 19.7 Å². The average molecular weight is 461 g/mol. The van der Waals surface area contributed by atoms with E-state index in [1.807, 2.05) is 0 Å². The van der Waals surface area contributed by atoms with Gasteiger partial charge in [-0.25, -0.2) is 8.42 Å². The zero-order valence-electron chi connectivity index (χ0n) is 17.3. The highest BCUT2D eigenvalue weighted by atomic mass is 32.2. The van der Waals surface area contributed by atoms with Gasteiger partial charge in [0, 0.05) is 19.2 Å². The molecule has 2 aromatic carbocycles. The topological polar surface area (TPSA) is 136 Å². The number of hydrogen-bond donors (Lipinski definition) is 1. The third-order valence-corrected chi connectivity index (χ3v) is 7.10. The van der Waals surface area contributed by atoms with Crippen LogP contribution in [0.5, 0.6) is 0 Å². The summed E-state index contributed by atoms with van der Waals surface area (Å²) in [6.45, 7) is 1.69. The number of hydrogen-bond acceptors (Lipinski definition) is 7. The molecule has 0 aromatic heterocycles. The zero-order valence-corrected chi connectivity index (χ0v) is 18.2. The minimum absolute atomic E-state index is 0.00447. The van der Waals surface area contributed by atoms with Gasteiger partial charge in [-0.15, -0.1) is 0 Å². The molecule has 1 unspecified atom stereocenters. The molecule has 10 nitrogen and oxygen atoms in total. The van der Waals surface area contributed by atoms with Gasteiger partial charge >= 0.3 is 5.97 Å². The quantitative estimate of drug-likeness (QED) is 0.380. The lowest BCUT2D eigenvalue weighted by Crippen LogP contribution is -2.41. The van der Waals surface area contributed by atoms with Gasteiger partial charge in [-0.2, -0.15) is 4.31 Å². The Balaban J connectivity index is 1.55. The van der Waals surface area contributed by atoms with Crippen molar-refractivity contribution in [1.29, 1.82) is 0 Å². The fourth-order valence-corrected chi connectivity index (χ4v) is 4.86. The molecule has 1 fully saturated rings. The highest BCUT2D eigenvalue weighted by Gasteiger charge is 2.34. The summed E-state index contributed by atoms with van der Waals surface area (Å²) >= 11 is 0. The minimum Gasteiger partial charge on any atom is -0.452 e. The monoisotopic (exact) mass is 461 g/mol. The van der Waals surface area contributed by atoms with Gasteiger partial charge in [-0.05, 0) is 38.0 Å². The molecule has 1 saturated heterocycles. The number of carbonyl (C=O) groups excluding carboxylic acids is 2. The van der Waals surface area contributed by atoms with Crippen molar-refractivity contribution < 1.29 is 27.7 Å². The molecule has 1 aliphatic rings. The van der Waals surface area contributed by atoms with E-state index in [0.29, 0.717) is 0 Å². The number of sulfonamides is 1. The van der Waals surface area contributed by atoms with Crippen LogP contribution in [0.2, 0.25) is 0 Å². The largest absolute Gasteiger partial charge is 0.452 e. The summed E-state index contributed by atoms with van der Waals surface area (Å²) < 4.78 is 31.9. The third kappa shape index (κ3) is 5.29. The molecule has 1 heterocycles. The standard InChI is InChI=1S/C21H23N3O7S/c1-15(20(25)22-18-9-5-6-10-19(18)24(27)28)31-21(26)16-11-13-23(14-12-16)32(29,30)17-7-3-2-4-8-17/h2-10,15-16H,11-14H2,1H3,(H,22,25). The Morgan fingerprint density at radius 3 is 2.31 bits per heavy atom. The SMILES string of the molecule is CC(OC(=O)C1CCN(S(=O)(=O)c2ccccc2)CC1)C(=O)Nc1ccccc1[N+](=O)[O-]. The lowest BCUT2D eigenvalue weighted by Gasteiger charge is -2.30. The van der Waals surface area contributed by atoms with E-state index in [-0.39, 0.29) is 42.2 Å². The number of nitro groups is 1. The molecule has 11 heteroatoms. The van der Waals surface area contributed by atoms with E-state index in [1.165, 1.54) is 47.6 Å². The molecule has 0 radical (unpaired) electrons. The summed E-state index contributed by atoms with van der Waals surface area (Å²) in [5.74, 6) is -1.85. The minimum atomic E-state index is -3.63. The molecular weight excluding hydrogens is 438 g/mol. The number of carbonyl (C=O) groups is 2. The molecule has 1 N–H and O–H groups in total. The summed E-state index contributed by atoms with van der Waals surface area (Å²) in [6.07, 6.45) is -0.638. The first-order chi connectivity index (χ1) is 15.2. The summed E-state index contributed by atoms with van der Waals surface area (Å²) in [5, 5.41) is 13.5. The third-order valence-electron chi connectivity index (χ3n) is 5.19. The Morgan fingerprint density at radius 2 is 1.69 bits per heavy atom. The second kappa shape index (κ2) is 9.88. The number of benzene rings is 2. The van der Waals surface area contributed by atoms with Crippen LogP contribution in [0.1, 0.15) is 19.8 Å². The maximum atomic E-state index is 12.7. The fourth-order valence-electron chi connectivity index (χ4n) is 3.37. The van der Waals surface area contributed by atoms with Crippen molar-refractivity contribution in [3.63, 3.8) is 0 Å². The van der Waals surface area contributed by atoms with Crippen LogP contribution in [0, 0.1) is 16.0 Å². The molecule has 0 aliphatic carbocycles. The molecule has 2 aromatic rings. The Hall–Kier alpha value is -3.31. The van der Waals surface area contributed by atoms with E-state index < -0.39 is 38.8 Å². The molecule has 0 saturated carbocycles. The summed E-state index contributed by atoms with van der Waals surface area (Å²) in [6, 6.07) is 13.7. The average Bonchev–Trinajstić information content (AvgIpc) is 2.79. The Kier molecular flexibility index (Phi) is 7.21. The van der Waals surface area contributed by atoms with Crippen molar-refractivity contribution in [2.75, 3.05) is 18.4 Å². The van der Waals surface area contributed by atoms with Gasteiger partial charge in [0.25, 0.3) is 11.6 Å². The molecule has 1 amide bonds. The maximum Gasteiger partial charge on any atom is 0.309 e. The second-order valence-corrected chi connectivity index (χ2v) is 9.27. The first-order valence-corrected chi connectivity index (χ1v) is 11.4. The molecule has 170 valence electrons. The van der Waals surface area contributed by atoms with E-state index in [9.17, 15) is 28.1 Å². The first-order valence-electron chi connectivity index (χ1n) is 10.00. The predicted molar refractivity (Wildman–Crippen MR) is 115 cm³/mol. The van der Waals surface area contributed by atoms with E-state index >= 15 is 0 Å². The lowest BCUT2D eigenvalue weighted by molar-refractivity contribution is -0.383. The van der Waals surface area contributed by atoms with Crippen molar-refractivity contribution >= 4 is 33.3 Å². The number of amides is 1. The number of rotatable bonds is 7. The van der Waals surface area contributed by atoms with Crippen molar-refractivity contribution in [1.82, 2.24) is 4.31 Å². The summed E-state index contributed by atoms with van der Waals surface area (Å²) in [7, 11) is -3.63. The molecule has 32 heavy (non-hydrogen) atoms. The Morgan fingerprint density at radius 1 is 1.09 bits per heavy atom. The number of ether oxygens (including phenoxy) is 1. The molecule has 3 rings (SSSR count). The lowest BCUT2D eigenvalue weighted by atomic mass is 9.98. The predicted octanol–water partition coefficient (Wildman–Crippen LogP) is 2.57. The smallest absolute Gasteiger partial charge is 0.309 e.